The van der Waals surface area contributed by atoms with Crippen molar-refractivity contribution in [3.63, 3.8) is 0 Å². The lowest BCUT2D eigenvalue weighted by molar-refractivity contribution is 0.0586. The summed E-state index contributed by atoms with van der Waals surface area (Å²) in [6.45, 7) is 1.75. The fourth-order valence-electron chi connectivity index (χ4n) is 1.46. The van der Waals surface area contributed by atoms with E-state index in [4.69, 9.17) is 0 Å². The molecule has 2 aromatic rings. The second kappa shape index (κ2) is 5.19. The first-order valence-electron chi connectivity index (χ1n) is 5.26. The molecular weight excluding hydrogens is 270 g/mol. The molecule has 2 aromatic heterocycles. The number of carbonyl (C=O) groups excluding carboxylic acids is 2. The van der Waals surface area contributed by atoms with Crippen molar-refractivity contribution >= 4 is 23.3 Å². The molecule has 2 rings (SSSR count). The summed E-state index contributed by atoms with van der Waals surface area (Å²) in [5.74, 6) is -1.05. The first kappa shape index (κ1) is 13.2. The Labute approximate surface area is 112 Å². The van der Waals surface area contributed by atoms with Crippen LogP contribution in [0.4, 0.5) is 0 Å². The van der Waals surface area contributed by atoms with Gasteiger partial charge in [-0.15, -0.1) is 11.3 Å². The minimum absolute atomic E-state index is 0.173. The Bertz CT molecular complexity index is 632. The van der Waals surface area contributed by atoms with E-state index in [0.717, 1.165) is 0 Å². The largest absolute Gasteiger partial charge is 0.464 e. The summed E-state index contributed by atoms with van der Waals surface area (Å²) in [6, 6.07) is 1.59. The quantitative estimate of drug-likeness (QED) is 0.786. The molecule has 0 aromatic carbocycles. The number of rotatable bonds is 3. The van der Waals surface area contributed by atoms with Crippen molar-refractivity contribution in [2.75, 3.05) is 14.2 Å². The Morgan fingerprint density at radius 2 is 1.95 bits per heavy atom. The van der Waals surface area contributed by atoms with Crippen molar-refractivity contribution in [1.29, 1.82) is 0 Å². The van der Waals surface area contributed by atoms with Gasteiger partial charge >= 0.3 is 11.9 Å². The lowest BCUT2D eigenvalue weighted by atomic mass is 10.4. The molecule has 100 valence electrons. The maximum Gasteiger partial charge on any atom is 0.357 e. The zero-order valence-electron chi connectivity index (χ0n) is 10.5. The molecule has 0 bridgehead atoms. The number of aromatic nitrogens is 3. The van der Waals surface area contributed by atoms with Crippen molar-refractivity contribution < 1.29 is 19.1 Å². The van der Waals surface area contributed by atoms with Crippen molar-refractivity contribution in [2.45, 2.75) is 6.92 Å². The zero-order chi connectivity index (χ0) is 14.0. The van der Waals surface area contributed by atoms with Gasteiger partial charge in [0.2, 0.25) is 5.13 Å². The smallest absolute Gasteiger partial charge is 0.357 e. The normalized spacial score (nSPS) is 10.3. The predicted octanol–water partition coefficient (Wildman–Crippen LogP) is 1.21. The molecule has 0 unspecified atom stereocenters. The van der Waals surface area contributed by atoms with Gasteiger partial charge in [0.25, 0.3) is 0 Å². The van der Waals surface area contributed by atoms with E-state index in [0.29, 0.717) is 10.8 Å². The number of carbonyl (C=O) groups is 2. The van der Waals surface area contributed by atoms with Crippen LogP contribution in [-0.2, 0) is 9.47 Å². The van der Waals surface area contributed by atoms with E-state index in [9.17, 15) is 9.59 Å². The number of hydrogen-bond donors (Lipinski definition) is 0. The van der Waals surface area contributed by atoms with Gasteiger partial charge in [0, 0.05) is 5.38 Å². The highest BCUT2D eigenvalue weighted by Crippen LogP contribution is 2.18. The number of esters is 2. The van der Waals surface area contributed by atoms with Crippen LogP contribution in [0.15, 0.2) is 11.4 Å². The van der Waals surface area contributed by atoms with Crippen LogP contribution in [0.25, 0.3) is 5.13 Å². The molecule has 8 heteroatoms. The number of aryl methyl sites for hydroxylation is 1. The molecule has 0 aliphatic rings. The Morgan fingerprint density at radius 3 is 2.58 bits per heavy atom. The van der Waals surface area contributed by atoms with E-state index in [-0.39, 0.29) is 11.4 Å². The molecule has 0 aliphatic carbocycles. The van der Waals surface area contributed by atoms with Crippen molar-refractivity contribution in [3.05, 3.63) is 28.5 Å². The first-order valence-corrected chi connectivity index (χ1v) is 6.14. The van der Waals surface area contributed by atoms with Gasteiger partial charge in [-0.2, -0.15) is 9.78 Å². The molecule has 0 aliphatic heterocycles. The average molecular weight is 281 g/mol. The second-order valence-corrected chi connectivity index (χ2v) is 4.42. The molecule has 0 saturated carbocycles. The third-order valence-corrected chi connectivity index (χ3v) is 3.11. The highest BCUT2D eigenvalue weighted by atomic mass is 32.1. The molecule has 0 amide bonds. The number of nitrogens with zero attached hydrogens (tertiary/aromatic N) is 3. The summed E-state index contributed by atoms with van der Waals surface area (Å²) in [6.07, 6.45) is 0. The summed E-state index contributed by atoms with van der Waals surface area (Å²) < 4.78 is 10.6. The minimum Gasteiger partial charge on any atom is -0.464 e. The van der Waals surface area contributed by atoms with Crippen LogP contribution in [0.5, 0.6) is 0 Å². The Balaban J connectivity index is 2.44. The Kier molecular flexibility index (Phi) is 3.61. The number of methoxy groups -OCH3 is 2. The zero-order valence-corrected chi connectivity index (χ0v) is 11.4. The minimum atomic E-state index is -0.536. The molecule has 7 nitrogen and oxygen atoms in total. The average Bonchev–Trinajstić information content (AvgIpc) is 3.03. The fraction of sp³-hybridized carbons (Fsp3) is 0.273. The van der Waals surface area contributed by atoms with Gasteiger partial charge in [-0.1, -0.05) is 0 Å². The van der Waals surface area contributed by atoms with Crippen molar-refractivity contribution in [3.8, 4) is 5.13 Å². The predicted molar refractivity (Wildman–Crippen MR) is 66.7 cm³/mol. The Morgan fingerprint density at radius 1 is 1.26 bits per heavy atom. The van der Waals surface area contributed by atoms with Gasteiger partial charge in [0.05, 0.1) is 19.9 Å². The third-order valence-electron chi connectivity index (χ3n) is 2.29. The van der Waals surface area contributed by atoms with E-state index in [2.05, 4.69) is 19.6 Å². The highest BCUT2D eigenvalue weighted by molar-refractivity contribution is 7.12. The molecule has 0 spiro atoms. The highest BCUT2D eigenvalue weighted by Gasteiger charge is 2.19. The van der Waals surface area contributed by atoms with E-state index in [1.807, 2.05) is 0 Å². The van der Waals surface area contributed by atoms with E-state index < -0.39 is 11.9 Å². The third kappa shape index (κ3) is 2.48. The number of ether oxygens (including phenoxy) is 2. The van der Waals surface area contributed by atoms with E-state index in [1.54, 1.807) is 18.4 Å². The molecule has 0 fully saturated rings. The molecule has 0 radical (unpaired) electrons. The van der Waals surface area contributed by atoms with Gasteiger partial charge < -0.3 is 9.47 Å². The lowest BCUT2D eigenvalue weighted by Gasteiger charge is -2.01. The van der Waals surface area contributed by atoms with Gasteiger partial charge in [-0.05, 0) is 13.0 Å². The van der Waals surface area contributed by atoms with E-state index >= 15 is 0 Å². The summed E-state index contributed by atoms with van der Waals surface area (Å²) in [5.41, 5.74) is 1.08. The SMILES string of the molecule is COC(=O)c1csc(-n2nc(C)cc2C(=O)OC)n1. The lowest BCUT2D eigenvalue weighted by Crippen LogP contribution is -2.10. The molecule has 0 saturated heterocycles. The molecule has 19 heavy (non-hydrogen) atoms. The molecule has 0 atom stereocenters. The molecular formula is C11H11N3O4S. The summed E-state index contributed by atoms with van der Waals surface area (Å²) >= 11 is 1.18. The second-order valence-electron chi connectivity index (χ2n) is 3.58. The van der Waals surface area contributed by atoms with Crippen LogP contribution >= 0.6 is 11.3 Å². The maximum atomic E-state index is 11.6. The van der Waals surface area contributed by atoms with Crippen molar-refractivity contribution in [1.82, 2.24) is 14.8 Å². The van der Waals surface area contributed by atoms with Crippen LogP contribution in [0.3, 0.4) is 0 Å². The topological polar surface area (TPSA) is 83.3 Å². The summed E-state index contributed by atoms with van der Waals surface area (Å²) in [5, 5.41) is 6.10. The summed E-state index contributed by atoms with van der Waals surface area (Å²) in [7, 11) is 2.57. The van der Waals surface area contributed by atoms with Crippen molar-refractivity contribution in [2.24, 2.45) is 0 Å². The monoisotopic (exact) mass is 281 g/mol. The molecule has 2 heterocycles. The van der Waals surface area contributed by atoms with Crippen LogP contribution in [0.1, 0.15) is 26.7 Å². The number of hydrogen-bond acceptors (Lipinski definition) is 7. The van der Waals surface area contributed by atoms with Gasteiger partial charge in [0.1, 0.15) is 0 Å². The fourth-order valence-corrected chi connectivity index (χ4v) is 2.21. The van der Waals surface area contributed by atoms with Crippen LogP contribution in [0.2, 0.25) is 0 Å². The van der Waals surface area contributed by atoms with Crippen LogP contribution < -0.4 is 0 Å². The van der Waals surface area contributed by atoms with Crippen LogP contribution in [0, 0.1) is 6.92 Å². The first-order chi connectivity index (χ1) is 9.06. The van der Waals surface area contributed by atoms with E-state index in [1.165, 1.54) is 30.2 Å². The summed E-state index contributed by atoms with van der Waals surface area (Å²) in [4.78, 5) is 27.0. The maximum absolute atomic E-state index is 11.6. The standard InChI is InChI=1S/C11H11N3O4S/c1-6-4-8(10(16)18-3)14(13-6)11-12-7(5-19-11)9(15)17-2/h4-5H,1-3H3. The molecule has 0 N–H and O–H groups in total. The number of thiazole rings is 1. The van der Waals surface area contributed by atoms with Gasteiger partial charge in [0.15, 0.2) is 11.4 Å². The van der Waals surface area contributed by atoms with Gasteiger partial charge in [-0.25, -0.2) is 14.6 Å². The van der Waals surface area contributed by atoms with Crippen LogP contribution in [-0.4, -0.2) is 40.9 Å². The Hall–Kier alpha value is -2.22. The van der Waals surface area contributed by atoms with Gasteiger partial charge in [-0.3, -0.25) is 0 Å².